The third kappa shape index (κ3) is 5.24. The quantitative estimate of drug-likeness (QED) is 0.469. The van der Waals surface area contributed by atoms with E-state index in [2.05, 4.69) is 36.8 Å². The number of para-hydroxylation sites is 1. The highest BCUT2D eigenvalue weighted by molar-refractivity contribution is 9.10. The van der Waals surface area contributed by atoms with Crippen molar-refractivity contribution in [3.63, 3.8) is 0 Å². The number of nitrogens with one attached hydrogen (secondary N) is 2. The highest BCUT2D eigenvalue weighted by atomic mass is 79.9. The van der Waals surface area contributed by atoms with E-state index in [1.807, 2.05) is 24.3 Å². The van der Waals surface area contributed by atoms with E-state index in [1.165, 1.54) is 17.4 Å². The van der Waals surface area contributed by atoms with Gasteiger partial charge in [-0.05, 0) is 37.3 Å². The predicted octanol–water partition coefficient (Wildman–Crippen LogP) is 5.44. The van der Waals surface area contributed by atoms with Crippen molar-refractivity contribution in [3.05, 3.63) is 58.6 Å². The molecular weight excluding hydrogens is 458 g/mol. The highest BCUT2D eigenvalue weighted by Gasteiger charge is 2.20. The summed E-state index contributed by atoms with van der Waals surface area (Å²) in [6.07, 6.45) is 0. The zero-order valence-corrected chi connectivity index (χ0v) is 17.1. The molecule has 0 saturated carbocycles. The van der Waals surface area contributed by atoms with E-state index in [9.17, 15) is 13.6 Å². The van der Waals surface area contributed by atoms with Gasteiger partial charge in [0, 0.05) is 10.2 Å². The fraction of sp³-hybridized carbons (Fsp3) is 0.118. The molecule has 10 heteroatoms. The van der Waals surface area contributed by atoms with Crippen molar-refractivity contribution >= 4 is 61.4 Å². The second-order valence-electron chi connectivity index (χ2n) is 5.35. The zero-order chi connectivity index (χ0) is 19.4. The molecule has 0 aliphatic heterocycles. The van der Waals surface area contributed by atoms with Crippen molar-refractivity contribution in [2.24, 2.45) is 0 Å². The molecule has 3 rings (SSSR count). The summed E-state index contributed by atoms with van der Waals surface area (Å²) in [4.78, 5) is 12.2. The largest absolute Gasteiger partial charge is 0.330 e. The number of hydrogen-bond donors (Lipinski definition) is 2. The molecular formula is C17H13BrF2N4OS2. The maximum Gasteiger partial charge on any atom is 0.237 e. The molecule has 0 saturated heterocycles. The van der Waals surface area contributed by atoms with Gasteiger partial charge in [0.25, 0.3) is 0 Å². The number of carbonyl (C=O) groups excluding carboxylic acids is 1. The summed E-state index contributed by atoms with van der Waals surface area (Å²) in [5.74, 6) is -2.17. The Hall–Kier alpha value is -2.04. The molecule has 5 nitrogen and oxygen atoms in total. The Morgan fingerprint density at radius 3 is 2.59 bits per heavy atom. The summed E-state index contributed by atoms with van der Waals surface area (Å²) in [7, 11) is 0. The number of thioether (sulfide) groups is 1. The third-order valence-electron chi connectivity index (χ3n) is 3.34. The Morgan fingerprint density at radius 1 is 1.19 bits per heavy atom. The van der Waals surface area contributed by atoms with Gasteiger partial charge in [0.2, 0.25) is 11.0 Å². The molecule has 2 aromatic carbocycles. The molecule has 2 N–H and O–H groups in total. The van der Waals surface area contributed by atoms with Crippen LogP contribution in [0.15, 0.2) is 51.3 Å². The summed E-state index contributed by atoms with van der Waals surface area (Å²) < 4.78 is 28.8. The van der Waals surface area contributed by atoms with E-state index in [4.69, 9.17) is 0 Å². The molecule has 1 amide bonds. The Bertz CT molecular complexity index is 949. The van der Waals surface area contributed by atoms with Crippen LogP contribution in [0.1, 0.15) is 6.92 Å². The van der Waals surface area contributed by atoms with Gasteiger partial charge in [-0.25, -0.2) is 8.78 Å². The van der Waals surface area contributed by atoms with Gasteiger partial charge in [-0.1, -0.05) is 51.2 Å². The van der Waals surface area contributed by atoms with Gasteiger partial charge < -0.3 is 10.6 Å². The molecule has 0 radical (unpaired) electrons. The number of hydrogen-bond acceptors (Lipinski definition) is 6. The van der Waals surface area contributed by atoms with Crippen LogP contribution < -0.4 is 10.6 Å². The SMILES string of the molecule is CC(Sc1nnc(Nc2cccc(Br)c2)s1)C(=O)Nc1c(F)cccc1F. The summed E-state index contributed by atoms with van der Waals surface area (Å²) >= 11 is 5.83. The molecule has 0 fully saturated rings. The van der Waals surface area contributed by atoms with E-state index in [0.29, 0.717) is 9.47 Å². The van der Waals surface area contributed by atoms with E-state index in [1.54, 1.807) is 6.92 Å². The maximum atomic E-state index is 13.6. The van der Waals surface area contributed by atoms with Gasteiger partial charge in [0.15, 0.2) is 4.34 Å². The molecule has 1 atom stereocenters. The van der Waals surface area contributed by atoms with Crippen molar-refractivity contribution in [2.75, 3.05) is 10.6 Å². The summed E-state index contributed by atoms with van der Waals surface area (Å²) in [6, 6.07) is 11.0. The van der Waals surface area contributed by atoms with E-state index in [-0.39, 0.29) is 0 Å². The first kappa shape index (κ1) is 19.7. The average Bonchev–Trinajstić information content (AvgIpc) is 3.05. The second-order valence-corrected chi connectivity index (χ2v) is 8.84. The Balaban J connectivity index is 1.62. The van der Waals surface area contributed by atoms with E-state index >= 15 is 0 Å². The minimum atomic E-state index is -0.822. The van der Waals surface area contributed by atoms with Gasteiger partial charge in [0.1, 0.15) is 17.3 Å². The maximum absolute atomic E-state index is 13.6. The lowest BCUT2D eigenvalue weighted by atomic mass is 10.3. The van der Waals surface area contributed by atoms with Crippen LogP contribution in [-0.4, -0.2) is 21.4 Å². The predicted molar refractivity (Wildman–Crippen MR) is 108 cm³/mol. The van der Waals surface area contributed by atoms with Crippen molar-refractivity contribution in [3.8, 4) is 0 Å². The first-order chi connectivity index (χ1) is 12.9. The van der Waals surface area contributed by atoms with Crippen LogP contribution >= 0.6 is 39.0 Å². The van der Waals surface area contributed by atoms with Gasteiger partial charge >= 0.3 is 0 Å². The molecule has 0 aliphatic rings. The highest BCUT2D eigenvalue weighted by Crippen LogP contribution is 2.31. The Labute approximate surface area is 170 Å². The van der Waals surface area contributed by atoms with E-state index in [0.717, 1.165) is 34.1 Å². The van der Waals surface area contributed by atoms with E-state index < -0.39 is 28.5 Å². The van der Waals surface area contributed by atoms with Gasteiger partial charge in [-0.3, -0.25) is 4.79 Å². The average molecular weight is 471 g/mol. The number of anilines is 3. The monoisotopic (exact) mass is 470 g/mol. The van der Waals surface area contributed by atoms with Crippen LogP contribution in [0.4, 0.5) is 25.3 Å². The molecule has 140 valence electrons. The van der Waals surface area contributed by atoms with Crippen LogP contribution in [0.25, 0.3) is 0 Å². The fourth-order valence-corrected chi connectivity index (χ4v) is 4.36. The number of carbonyl (C=O) groups is 1. The molecule has 1 aromatic heterocycles. The van der Waals surface area contributed by atoms with Crippen LogP contribution in [0.5, 0.6) is 0 Å². The molecule has 1 heterocycles. The normalized spacial score (nSPS) is 11.9. The van der Waals surface area contributed by atoms with Crippen molar-refractivity contribution in [2.45, 2.75) is 16.5 Å². The van der Waals surface area contributed by atoms with Crippen LogP contribution in [0.2, 0.25) is 0 Å². The van der Waals surface area contributed by atoms with Gasteiger partial charge in [-0.15, -0.1) is 10.2 Å². The topological polar surface area (TPSA) is 66.9 Å². The Kier molecular flexibility index (Phi) is 6.40. The smallest absolute Gasteiger partial charge is 0.237 e. The summed E-state index contributed by atoms with van der Waals surface area (Å²) in [5, 5.41) is 13.4. The number of rotatable bonds is 6. The first-order valence-electron chi connectivity index (χ1n) is 7.70. The fourth-order valence-electron chi connectivity index (χ4n) is 2.04. The van der Waals surface area contributed by atoms with Crippen LogP contribution in [-0.2, 0) is 4.79 Å². The van der Waals surface area contributed by atoms with Gasteiger partial charge in [0.05, 0.1) is 5.25 Å². The van der Waals surface area contributed by atoms with Crippen molar-refractivity contribution in [1.29, 1.82) is 0 Å². The molecule has 0 aliphatic carbocycles. The molecule has 0 bridgehead atoms. The number of halogens is 3. The minimum absolute atomic E-state index is 0.454. The number of benzene rings is 2. The van der Waals surface area contributed by atoms with Crippen molar-refractivity contribution < 1.29 is 13.6 Å². The number of amides is 1. The lowest BCUT2D eigenvalue weighted by molar-refractivity contribution is -0.115. The van der Waals surface area contributed by atoms with Crippen molar-refractivity contribution in [1.82, 2.24) is 10.2 Å². The zero-order valence-electron chi connectivity index (χ0n) is 13.9. The van der Waals surface area contributed by atoms with Crippen LogP contribution in [0, 0.1) is 11.6 Å². The summed E-state index contributed by atoms with van der Waals surface area (Å²) in [6.45, 7) is 1.63. The minimum Gasteiger partial charge on any atom is -0.330 e. The lowest BCUT2D eigenvalue weighted by Crippen LogP contribution is -2.23. The first-order valence-corrected chi connectivity index (χ1v) is 10.2. The Morgan fingerprint density at radius 2 is 1.89 bits per heavy atom. The standard InChI is InChI=1S/C17H13BrF2N4OS2/c1-9(15(25)22-14-12(19)6-3-7-13(14)20)26-17-24-23-16(27-17)21-11-5-2-4-10(18)8-11/h2-9H,1H3,(H,21,23)(H,22,25). The summed E-state index contributed by atoms with van der Waals surface area (Å²) in [5.41, 5.74) is 0.391. The lowest BCUT2D eigenvalue weighted by Gasteiger charge is -2.11. The van der Waals surface area contributed by atoms with Crippen LogP contribution in [0.3, 0.4) is 0 Å². The molecule has 0 spiro atoms. The van der Waals surface area contributed by atoms with Gasteiger partial charge in [-0.2, -0.15) is 0 Å². The number of nitrogens with zero attached hydrogens (tertiary/aromatic N) is 2. The second kappa shape index (κ2) is 8.77. The molecule has 27 heavy (non-hydrogen) atoms. The third-order valence-corrected chi connectivity index (χ3v) is 5.86. The molecule has 1 unspecified atom stereocenters. The molecule has 3 aromatic rings. The number of aromatic nitrogens is 2.